The van der Waals surface area contributed by atoms with Crippen LogP contribution in [0, 0.1) is 0 Å². The third kappa shape index (κ3) is 8.47. The smallest absolute Gasteiger partial charge is 0.304 e. The molecule has 0 aromatic heterocycles. The van der Waals surface area contributed by atoms with Gasteiger partial charge < -0.3 is 19.6 Å². The van der Waals surface area contributed by atoms with Gasteiger partial charge in [-0.2, -0.15) is 0 Å². The van der Waals surface area contributed by atoms with Gasteiger partial charge in [0.2, 0.25) is 0 Å². The van der Waals surface area contributed by atoms with Gasteiger partial charge in [-0.3, -0.25) is 9.69 Å². The zero-order valence-corrected chi connectivity index (χ0v) is 12.9. The van der Waals surface area contributed by atoms with Crippen molar-refractivity contribution in [1.29, 1.82) is 0 Å². The third-order valence-electron chi connectivity index (χ3n) is 3.56. The van der Waals surface area contributed by atoms with E-state index in [1.807, 2.05) is 14.1 Å². The molecule has 118 valence electrons. The lowest BCUT2D eigenvalue weighted by Gasteiger charge is -2.28. The maximum Gasteiger partial charge on any atom is 0.304 e. The highest BCUT2D eigenvalue weighted by atomic mass is 16.5. The van der Waals surface area contributed by atoms with Gasteiger partial charge >= 0.3 is 5.97 Å². The number of carbonyl (C=O) groups is 1. The molecule has 0 radical (unpaired) electrons. The Kier molecular flexibility index (Phi) is 8.77. The van der Waals surface area contributed by atoms with E-state index in [0.29, 0.717) is 6.54 Å². The third-order valence-corrected chi connectivity index (χ3v) is 3.56. The fraction of sp³-hybridized carbons (Fsp3) is 0.929. The van der Waals surface area contributed by atoms with Crippen molar-refractivity contribution in [1.82, 2.24) is 14.7 Å². The second-order valence-electron chi connectivity index (χ2n) is 5.60. The van der Waals surface area contributed by atoms with E-state index in [1.54, 1.807) is 0 Å². The number of aliphatic carboxylic acids is 1. The van der Waals surface area contributed by atoms with E-state index in [9.17, 15) is 4.79 Å². The van der Waals surface area contributed by atoms with Gasteiger partial charge in [0, 0.05) is 32.7 Å². The Morgan fingerprint density at radius 2 is 1.85 bits per heavy atom. The second-order valence-corrected chi connectivity index (χ2v) is 5.60. The molecular formula is C14H29N3O3. The molecule has 0 unspecified atom stereocenters. The molecule has 0 aromatic carbocycles. The average Bonchev–Trinajstić information content (AvgIpc) is 2.42. The van der Waals surface area contributed by atoms with Crippen molar-refractivity contribution in [3.05, 3.63) is 0 Å². The van der Waals surface area contributed by atoms with Gasteiger partial charge in [-0.1, -0.05) is 0 Å². The van der Waals surface area contributed by atoms with Crippen LogP contribution in [0.1, 0.15) is 12.8 Å². The number of nitrogens with zero attached hydrogens (tertiary/aromatic N) is 3. The summed E-state index contributed by atoms with van der Waals surface area (Å²) in [7, 11) is 4.09. The Hall–Kier alpha value is -0.690. The standard InChI is InChI=1S/C14H29N3O3/c1-15(2)8-9-16(7-4-14(18)19)5-3-6-17-10-12-20-13-11-17/h3-13H2,1-2H3,(H,18,19). The minimum absolute atomic E-state index is 0.227. The summed E-state index contributed by atoms with van der Waals surface area (Å²) in [6.45, 7) is 8.31. The molecule has 6 heteroatoms. The minimum Gasteiger partial charge on any atom is -0.481 e. The van der Waals surface area contributed by atoms with E-state index >= 15 is 0 Å². The number of ether oxygens (including phenoxy) is 1. The highest BCUT2D eigenvalue weighted by molar-refractivity contribution is 5.66. The Morgan fingerprint density at radius 1 is 1.15 bits per heavy atom. The molecule has 0 atom stereocenters. The largest absolute Gasteiger partial charge is 0.481 e. The van der Waals surface area contributed by atoms with E-state index in [4.69, 9.17) is 9.84 Å². The Balaban J connectivity index is 2.21. The predicted octanol–water partition coefficient (Wildman–Crippen LogP) is 0.0470. The van der Waals surface area contributed by atoms with E-state index < -0.39 is 5.97 Å². The summed E-state index contributed by atoms with van der Waals surface area (Å²) in [6, 6.07) is 0. The summed E-state index contributed by atoms with van der Waals surface area (Å²) in [4.78, 5) is 17.5. The Bertz CT molecular complexity index is 268. The van der Waals surface area contributed by atoms with Gasteiger partial charge in [0.1, 0.15) is 0 Å². The van der Waals surface area contributed by atoms with Gasteiger partial charge in [0.15, 0.2) is 0 Å². The van der Waals surface area contributed by atoms with E-state index in [1.165, 1.54) is 0 Å². The molecule has 1 saturated heterocycles. The van der Waals surface area contributed by atoms with Crippen LogP contribution in [0.25, 0.3) is 0 Å². The summed E-state index contributed by atoms with van der Waals surface area (Å²) in [5, 5.41) is 8.81. The molecule has 20 heavy (non-hydrogen) atoms. The second kappa shape index (κ2) is 10.1. The summed E-state index contributed by atoms with van der Waals surface area (Å²) < 4.78 is 5.33. The fourth-order valence-corrected chi connectivity index (χ4v) is 2.27. The number of hydrogen-bond donors (Lipinski definition) is 1. The van der Waals surface area contributed by atoms with Crippen LogP contribution in [0.2, 0.25) is 0 Å². The van der Waals surface area contributed by atoms with Crippen LogP contribution < -0.4 is 0 Å². The molecule has 0 amide bonds. The van der Waals surface area contributed by atoms with Crippen molar-refractivity contribution in [2.45, 2.75) is 12.8 Å². The van der Waals surface area contributed by atoms with Crippen LogP contribution in [0.3, 0.4) is 0 Å². The molecule has 1 aliphatic rings. The summed E-state index contributed by atoms with van der Waals surface area (Å²) >= 11 is 0. The lowest BCUT2D eigenvalue weighted by atomic mass is 10.3. The molecule has 0 aromatic rings. The highest BCUT2D eigenvalue weighted by Gasteiger charge is 2.12. The van der Waals surface area contributed by atoms with E-state index in [2.05, 4.69) is 14.7 Å². The first kappa shape index (κ1) is 17.4. The van der Waals surface area contributed by atoms with Gasteiger partial charge in [-0.15, -0.1) is 0 Å². The van der Waals surface area contributed by atoms with Crippen LogP contribution in [0.5, 0.6) is 0 Å². The lowest BCUT2D eigenvalue weighted by molar-refractivity contribution is -0.137. The first-order valence-corrected chi connectivity index (χ1v) is 7.47. The van der Waals surface area contributed by atoms with Gasteiger partial charge in [-0.05, 0) is 33.6 Å². The lowest BCUT2D eigenvalue weighted by Crippen LogP contribution is -2.39. The molecule has 0 aliphatic carbocycles. The van der Waals surface area contributed by atoms with Crippen molar-refractivity contribution in [3.63, 3.8) is 0 Å². The van der Waals surface area contributed by atoms with Gasteiger partial charge in [-0.25, -0.2) is 0 Å². The topological polar surface area (TPSA) is 56.2 Å². The van der Waals surface area contributed by atoms with Crippen LogP contribution in [-0.4, -0.2) is 98.9 Å². The van der Waals surface area contributed by atoms with Crippen molar-refractivity contribution in [2.75, 3.05) is 73.1 Å². The van der Waals surface area contributed by atoms with Crippen molar-refractivity contribution in [3.8, 4) is 0 Å². The molecule has 0 bridgehead atoms. The SMILES string of the molecule is CN(C)CCN(CCCN1CCOCC1)CCC(=O)O. The molecule has 1 rings (SSSR count). The maximum absolute atomic E-state index is 10.7. The quantitative estimate of drug-likeness (QED) is 0.613. The number of likely N-dealkylation sites (N-methyl/N-ethyl adjacent to an activating group) is 1. The monoisotopic (exact) mass is 287 g/mol. The van der Waals surface area contributed by atoms with E-state index in [-0.39, 0.29) is 6.42 Å². The molecule has 1 aliphatic heterocycles. The molecule has 0 saturated carbocycles. The molecule has 1 fully saturated rings. The Labute approximate surface area is 122 Å². The number of carboxylic acid groups (broad SMARTS) is 1. The fourth-order valence-electron chi connectivity index (χ4n) is 2.27. The number of hydrogen-bond acceptors (Lipinski definition) is 5. The Morgan fingerprint density at radius 3 is 2.45 bits per heavy atom. The predicted molar refractivity (Wildman–Crippen MR) is 79.1 cm³/mol. The zero-order valence-electron chi connectivity index (χ0n) is 12.9. The van der Waals surface area contributed by atoms with Gasteiger partial charge in [0.05, 0.1) is 19.6 Å². The summed E-state index contributed by atoms with van der Waals surface area (Å²) in [5.41, 5.74) is 0. The van der Waals surface area contributed by atoms with Gasteiger partial charge in [0.25, 0.3) is 0 Å². The normalized spacial score (nSPS) is 17.0. The molecule has 6 nitrogen and oxygen atoms in total. The van der Waals surface area contributed by atoms with Crippen molar-refractivity contribution >= 4 is 5.97 Å². The number of carboxylic acids is 1. The maximum atomic E-state index is 10.7. The van der Waals surface area contributed by atoms with E-state index in [0.717, 1.165) is 58.9 Å². The van der Waals surface area contributed by atoms with Crippen molar-refractivity contribution in [2.24, 2.45) is 0 Å². The minimum atomic E-state index is -0.715. The molecule has 1 heterocycles. The summed E-state index contributed by atoms with van der Waals surface area (Å²) in [5.74, 6) is -0.715. The van der Waals surface area contributed by atoms with Crippen LogP contribution in [-0.2, 0) is 9.53 Å². The average molecular weight is 287 g/mol. The first-order valence-electron chi connectivity index (χ1n) is 7.47. The molecular weight excluding hydrogens is 258 g/mol. The van der Waals surface area contributed by atoms with Crippen LogP contribution in [0.4, 0.5) is 0 Å². The van der Waals surface area contributed by atoms with Crippen LogP contribution in [0.15, 0.2) is 0 Å². The molecule has 0 spiro atoms. The highest BCUT2D eigenvalue weighted by Crippen LogP contribution is 2.01. The molecule has 1 N–H and O–H groups in total. The summed E-state index contributed by atoms with van der Waals surface area (Å²) in [6.07, 6.45) is 1.32. The van der Waals surface area contributed by atoms with Crippen LogP contribution >= 0.6 is 0 Å². The first-order chi connectivity index (χ1) is 9.58. The number of rotatable bonds is 10. The number of morpholine rings is 1. The van der Waals surface area contributed by atoms with Crippen molar-refractivity contribution < 1.29 is 14.6 Å². The zero-order chi connectivity index (χ0) is 14.8.